The van der Waals surface area contributed by atoms with Crippen molar-refractivity contribution < 1.29 is 31.5 Å². The zero-order valence-electron chi connectivity index (χ0n) is 15.2. The minimum Gasteiger partial charge on any atom is -0.477 e. The van der Waals surface area contributed by atoms with Crippen LogP contribution in [0.25, 0.3) is 6.08 Å². The fourth-order valence-electron chi connectivity index (χ4n) is 3.38. The molecule has 11 heteroatoms. The SMILES string of the molecule is O=C(O)C1=C(S(=O)(=O)c2ccccc2)CS(=O)(=O)[C@@H]2/C(=C/c3ccccn3)C(=O)N12. The van der Waals surface area contributed by atoms with Crippen LogP contribution in [0.5, 0.6) is 0 Å². The molecule has 2 aliphatic heterocycles. The Labute approximate surface area is 171 Å². The molecule has 0 radical (unpaired) electrons. The first-order valence-corrected chi connectivity index (χ1v) is 11.8. The number of aromatic nitrogens is 1. The molecule has 9 nitrogen and oxygen atoms in total. The molecule has 30 heavy (non-hydrogen) atoms. The molecule has 1 atom stereocenters. The van der Waals surface area contributed by atoms with Crippen LogP contribution in [0.3, 0.4) is 0 Å². The first-order chi connectivity index (χ1) is 14.1. The van der Waals surface area contributed by atoms with E-state index >= 15 is 0 Å². The number of hydrogen-bond donors (Lipinski definition) is 1. The van der Waals surface area contributed by atoms with E-state index in [9.17, 15) is 31.5 Å². The predicted octanol–water partition coefficient (Wildman–Crippen LogP) is 0.832. The van der Waals surface area contributed by atoms with E-state index in [2.05, 4.69) is 4.98 Å². The number of fused-ring (bicyclic) bond motifs is 1. The maximum absolute atomic E-state index is 13.0. The molecule has 0 bridgehead atoms. The molecule has 1 amide bonds. The van der Waals surface area contributed by atoms with Gasteiger partial charge in [-0.05, 0) is 30.3 Å². The van der Waals surface area contributed by atoms with Crippen LogP contribution in [0.2, 0.25) is 0 Å². The van der Waals surface area contributed by atoms with Crippen molar-refractivity contribution in [2.24, 2.45) is 0 Å². The summed E-state index contributed by atoms with van der Waals surface area (Å²) < 4.78 is 51.8. The molecule has 1 saturated heterocycles. The summed E-state index contributed by atoms with van der Waals surface area (Å²) in [6.45, 7) is 0. The molecule has 0 saturated carbocycles. The Morgan fingerprint density at radius 2 is 1.80 bits per heavy atom. The highest BCUT2D eigenvalue weighted by Gasteiger charge is 2.58. The lowest BCUT2D eigenvalue weighted by Gasteiger charge is -2.45. The second kappa shape index (κ2) is 6.89. The van der Waals surface area contributed by atoms with Crippen LogP contribution in [0.1, 0.15) is 5.69 Å². The van der Waals surface area contributed by atoms with Gasteiger partial charge in [-0.25, -0.2) is 21.6 Å². The van der Waals surface area contributed by atoms with Gasteiger partial charge in [-0.3, -0.25) is 14.7 Å². The third-order valence-corrected chi connectivity index (χ3v) is 8.61. The van der Waals surface area contributed by atoms with Crippen LogP contribution < -0.4 is 0 Å². The Kier molecular flexibility index (Phi) is 4.59. The molecule has 0 aliphatic carbocycles. The average Bonchev–Trinajstić information content (AvgIpc) is 2.72. The number of hydrogen-bond acceptors (Lipinski definition) is 7. The van der Waals surface area contributed by atoms with E-state index in [0.717, 1.165) is 0 Å². The number of rotatable bonds is 4. The molecule has 2 aromatic rings. The molecule has 3 heterocycles. The highest BCUT2D eigenvalue weighted by molar-refractivity contribution is 7.98. The van der Waals surface area contributed by atoms with Gasteiger partial charge in [0.15, 0.2) is 15.2 Å². The van der Waals surface area contributed by atoms with Gasteiger partial charge in [-0.2, -0.15) is 0 Å². The Morgan fingerprint density at radius 3 is 2.40 bits per heavy atom. The minimum atomic E-state index is -4.46. The maximum atomic E-state index is 13.0. The molecule has 1 N–H and O–H groups in total. The van der Waals surface area contributed by atoms with Gasteiger partial charge in [-0.15, -0.1) is 0 Å². The second-order valence-corrected chi connectivity index (χ2v) is 10.6. The van der Waals surface area contributed by atoms with Gasteiger partial charge in [0, 0.05) is 6.20 Å². The van der Waals surface area contributed by atoms with Crippen LogP contribution in [-0.4, -0.2) is 54.8 Å². The average molecular weight is 446 g/mol. The number of carboxylic acid groups (broad SMARTS) is 1. The van der Waals surface area contributed by atoms with E-state index in [0.29, 0.717) is 10.6 Å². The third-order valence-electron chi connectivity index (χ3n) is 4.72. The van der Waals surface area contributed by atoms with Crippen molar-refractivity contribution in [3.05, 3.63) is 76.6 Å². The molecular formula is C19H14N2O7S2. The van der Waals surface area contributed by atoms with Crippen LogP contribution >= 0.6 is 0 Å². The van der Waals surface area contributed by atoms with E-state index in [1.165, 1.54) is 36.5 Å². The number of sulfone groups is 2. The zero-order chi connectivity index (χ0) is 21.7. The highest BCUT2D eigenvalue weighted by Crippen LogP contribution is 2.43. The van der Waals surface area contributed by atoms with Crippen LogP contribution in [-0.2, 0) is 29.3 Å². The lowest BCUT2D eigenvalue weighted by Crippen LogP contribution is -2.62. The van der Waals surface area contributed by atoms with Gasteiger partial charge in [0.25, 0.3) is 5.91 Å². The summed E-state index contributed by atoms with van der Waals surface area (Å²) in [5, 5.41) is 8.09. The lowest BCUT2D eigenvalue weighted by molar-refractivity contribution is -0.141. The molecule has 2 aliphatic rings. The largest absolute Gasteiger partial charge is 0.477 e. The number of carbonyl (C=O) groups excluding carboxylic acids is 1. The molecule has 0 spiro atoms. The number of nitrogens with zero attached hydrogens (tertiary/aromatic N) is 2. The highest BCUT2D eigenvalue weighted by atomic mass is 32.2. The standard InChI is InChI=1S/C19H14N2O7S2/c22-17-14(10-12-6-4-5-9-20-12)18-21(17)16(19(23)24)15(11-29(18,25)26)30(27,28)13-7-2-1-3-8-13/h1-10,18H,11H2,(H,23,24)/b14-10+/t18-/m1/s1. The van der Waals surface area contributed by atoms with E-state index in [4.69, 9.17) is 0 Å². The summed E-state index contributed by atoms with van der Waals surface area (Å²) in [6, 6.07) is 11.7. The summed E-state index contributed by atoms with van der Waals surface area (Å²) >= 11 is 0. The van der Waals surface area contributed by atoms with Crippen molar-refractivity contribution >= 4 is 37.6 Å². The normalized spacial score (nSPS) is 21.9. The Hall–Kier alpha value is -3.31. The number of carbonyl (C=O) groups is 2. The van der Waals surface area contributed by atoms with Crippen LogP contribution in [0, 0.1) is 0 Å². The fraction of sp³-hybridized carbons (Fsp3) is 0.105. The molecule has 1 aromatic carbocycles. The van der Waals surface area contributed by atoms with Gasteiger partial charge in [0.05, 0.1) is 26.8 Å². The molecular weight excluding hydrogens is 432 g/mol. The van der Waals surface area contributed by atoms with E-state index < -0.39 is 53.3 Å². The Morgan fingerprint density at radius 1 is 1.13 bits per heavy atom. The van der Waals surface area contributed by atoms with Gasteiger partial charge in [0.2, 0.25) is 9.84 Å². The van der Waals surface area contributed by atoms with Gasteiger partial charge < -0.3 is 5.11 Å². The topological polar surface area (TPSA) is 139 Å². The predicted molar refractivity (Wildman–Crippen MR) is 105 cm³/mol. The summed E-state index contributed by atoms with van der Waals surface area (Å²) in [7, 11) is -8.68. The van der Waals surface area contributed by atoms with Crippen LogP contribution in [0.15, 0.2) is 75.8 Å². The summed E-state index contributed by atoms with van der Waals surface area (Å²) in [5.41, 5.74) is -0.690. The quantitative estimate of drug-likeness (QED) is 0.538. The van der Waals surface area contributed by atoms with Gasteiger partial charge >= 0.3 is 5.97 Å². The van der Waals surface area contributed by atoms with E-state index in [-0.39, 0.29) is 10.5 Å². The molecule has 1 aromatic heterocycles. The Balaban J connectivity index is 1.89. The molecule has 154 valence electrons. The number of amides is 1. The van der Waals surface area contributed by atoms with Crippen molar-refractivity contribution in [3.8, 4) is 0 Å². The van der Waals surface area contributed by atoms with E-state index in [1.54, 1.807) is 24.3 Å². The summed E-state index contributed by atoms with van der Waals surface area (Å²) in [4.78, 5) is 28.0. The summed E-state index contributed by atoms with van der Waals surface area (Å²) in [6.07, 6.45) is 2.72. The first kappa shape index (κ1) is 20.0. The Bertz CT molecular complexity index is 1330. The third kappa shape index (κ3) is 3.02. The first-order valence-electron chi connectivity index (χ1n) is 8.59. The second-order valence-electron chi connectivity index (χ2n) is 6.58. The zero-order valence-corrected chi connectivity index (χ0v) is 16.8. The van der Waals surface area contributed by atoms with Gasteiger partial charge in [0.1, 0.15) is 5.70 Å². The molecule has 0 unspecified atom stereocenters. The minimum absolute atomic E-state index is 0.163. The maximum Gasteiger partial charge on any atom is 0.353 e. The number of aliphatic carboxylic acids is 1. The number of carboxylic acids is 1. The summed E-state index contributed by atoms with van der Waals surface area (Å²) in [5.74, 6) is -3.62. The van der Waals surface area contributed by atoms with Crippen molar-refractivity contribution in [3.63, 3.8) is 0 Å². The van der Waals surface area contributed by atoms with Crippen molar-refractivity contribution in [2.75, 3.05) is 5.75 Å². The smallest absolute Gasteiger partial charge is 0.353 e. The van der Waals surface area contributed by atoms with Crippen LogP contribution in [0.4, 0.5) is 0 Å². The van der Waals surface area contributed by atoms with Crippen molar-refractivity contribution in [1.82, 2.24) is 9.88 Å². The number of β-lactam (4-membered cyclic amide) rings is 1. The number of pyridine rings is 1. The van der Waals surface area contributed by atoms with Crippen molar-refractivity contribution in [2.45, 2.75) is 10.3 Å². The fourth-order valence-corrected chi connectivity index (χ4v) is 7.48. The van der Waals surface area contributed by atoms with E-state index in [1.807, 2.05) is 0 Å². The molecule has 4 rings (SSSR count). The monoisotopic (exact) mass is 446 g/mol. The molecule has 1 fully saturated rings. The number of benzene rings is 1. The lowest BCUT2D eigenvalue weighted by atomic mass is 10.0. The van der Waals surface area contributed by atoms with Crippen molar-refractivity contribution in [1.29, 1.82) is 0 Å². The van der Waals surface area contributed by atoms with Gasteiger partial charge in [-0.1, -0.05) is 24.3 Å².